The highest BCUT2D eigenvalue weighted by Gasteiger charge is 2.30. The summed E-state index contributed by atoms with van der Waals surface area (Å²) in [4.78, 5) is 24.7. The van der Waals surface area contributed by atoms with Gasteiger partial charge in [-0.25, -0.2) is 0 Å². The molecule has 4 nitrogen and oxygen atoms in total. The fourth-order valence-electron chi connectivity index (χ4n) is 2.36. The number of nitrogens with one attached hydrogen (secondary N) is 2. The molecule has 0 bridgehead atoms. The Labute approximate surface area is 149 Å². The minimum Gasteiger partial charge on any atom is -0.350 e. The Kier molecular flexibility index (Phi) is 5.69. The molecule has 0 saturated carbocycles. The lowest BCUT2D eigenvalue weighted by Crippen LogP contribution is -2.31. The van der Waals surface area contributed by atoms with Gasteiger partial charge in [0.2, 0.25) is 0 Å². The van der Waals surface area contributed by atoms with Crippen molar-refractivity contribution >= 4 is 17.5 Å². The van der Waals surface area contributed by atoms with Crippen molar-refractivity contribution in [3.63, 3.8) is 0 Å². The summed E-state index contributed by atoms with van der Waals surface area (Å²) in [5, 5.41) is 5.37. The van der Waals surface area contributed by atoms with Crippen molar-refractivity contribution in [3.8, 4) is 0 Å². The van der Waals surface area contributed by atoms with Gasteiger partial charge in [-0.05, 0) is 56.7 Å². The minimum absolute atomic E-state index is 0.0662. The Balaban J connectivity index is 2.28. The lowest BCUT2D eigenvalue weighted by atomic mass is 10.1. The molecule has 138 valence electrons. The van der Waals surface area contributed by atoms with E-state index in [1.54, 1.807) is 25.1 Å². The Hall–Kier alpha value is -2.83. The van der Waals surface area contributed by atoms with E-state index in [4.69, 9.17) is 0 Å². The number of hydrogen-bond acceptors (Lipinski definition) is 2. The van der Waals surface area contributed by atoms with Crippen molar-refractivity contribution in [2.45, 2.75) is 33.0 Å². The molecule has 0 aromatic heterocycles. The highest BCUT2D eigenvalue weighted by atomic mass is 19.4. The van der Waals surface area contributed by atoms with Crippen LogP contribution in [0.25, 0.3) is 0 Å². The van der Waals surface area contributed by atoms with Crippen molar-refractivity contribution in [2.24, 2.45) is 0 Å². The first-order chi connectivity index (χ1) is 12.1. The van der Waals surface area contributed by atoms with Crippen LogP contribution in [0, 0.1) is 6.92 Å². The standard InChI is InChI=1S/C19H19F3N2O2/c1-11(2)23-18(26)15-6-4-5-12(3)16(15)24-17(25)13-7-9-14(10-8-13)19(20,21)22/h4-11H,1-3H3,(H,23,26)(H,24,25). The molecular weight excluding hydrogens is 345 g/mol. The lowest BCUT2D eigenvalue weighted by molar-refractivity contribution is -0.137. The zero-order valence-electron chi connectivity index (χ0n) is 14.6. The third-order valence-corrected chi connectivity index (χ3v) is 3.65. The third-order valence-electron chi connectivity index (χ3n) is 3.65. The summed E-state index contributed by atoms with van der Waals surface area (Å²) in [5.41, 5.74) is 0.523. The molecule has 0 spiro atoms. The van der Waals surface area contributed by atoms with Crippen LogP contribution in [0.1, 0.15) is 45.7 Å². The van der Waals surface area contributed by atoms with E-state index in [9.17, 15) is 22.8 Å². The smallest absolute Gasteiger partial charge is 0.350 e. The number of anilines is 1. The van der Waals surface area contributed by atoms with Gasteiger partial charge in [-0.3, -0.25) is 9.59 Å². The van der Waals surface area contributed by atoms with Crippen molar-refractivity contribution in [3.05, 3.63) is 64.7 Å². The first kappa shape index (κ1) is 19.5. The zero-order valence-corrected chi connectivity index (χ0v) is 14.6. The molecule has 0 saturated heterocycles. The van der Waals surface area contributed by atoms with Crippen LogP contribution in [-0.2, 0) is 6.18 Å². The number of amides is 2. The maximum absolute atomic E-state index is 12.6. The molecular formula is C19H19F3N2O2. The predicted molar refractivity (Wildman–Crippen MR) is 93.2 cm³/mol. The molecule has 0 aliphatic heterocycles. The number of aryl methyl sites for hydroxylation is 1. The van der Waals surface area contributed by atoms with Crippen LogP contribution < -0.4 is 10.6 Å². The van der Waals surface area contributed by atoms with Crippen LogP contribution in [0.3, 0.4) is 0 Å². The number of carbonyl (C=O) groups is 2. The van der Waals surface area contributed by atoms with Gasteiger partial charge in [0.1, 0.15) is 0 Å². The molecule has 2 aromatic carbocycles. The zero-order chi connectivity index (χ0) is 19.5. The summed E-state index contributed by atoms with van der Waals surface area (Å²) in [6.45, 7) is 5.36. The van der Waals surface area contributed by atoms with E-state index >= 15 is 0 Å². The molecule has 0 atom stereocenters. The number of halogens is 3. The molecule has 7 heteroatoms. The van der Waals surface area contributed by atoms with Gasteiger partial charge in [-0.1, -0.05) is 12.1 Å². The molecule has 0 aliphatic carbocycles. The second-order valence-corrected chi connectivity index (χ2v) is 6.15. The number of para-hydroxylation sites is 1. The normalized spacial score (nSPS) is 11.3. The number of benzene rings is 2. The van der Waals surface area contributed by atoms with Crippen molar-refractivity contribution in [1.29, 1.82) is 0 Å². The molecule has 0 heterocycles. The number of hydrogen-bond donors (Lipinski definition) is 2. The minimum atomic E-state index is -4.47. The van der Waals surface area contributed by atoms with Gasteiger partial charge < -0.3 is 10.6 Å². The summed E-state index contributed by atoms with van der Waals surface area (Å²) in [6.07, 6.45) is -4.47. The average Bonchev–Trinajstić information content (AvgIpc) is 2.55. The van der Waals surface area contributed by atoms with Gasteiger partial charge in [-0.15, -0.1) is 0 Å². The summed E-state index contributed by atoms with van der Waals surface area (Å²) in [6, 6.07) is 8.81. The van der Waals surface area contributed by atoms with Crippen LogP contribution in [-0.4, -0.2) is 17.9 Å². The molecule has 0 fully saturated rings. The topological polar surface area (TPSA) is 58.2 Å². The number of rotatable bonds is 4. The van der Waals surface area contributed by atoms with Gasteiger partial charge in [0, 0.05) is 11.6 Å². The first-order valence-electron chi connectivity index (χ1n) is 7.98. The van der Waals surface area contributed by atoms with Crippen LogP contribution >= 0.6 is 0 Å². The van der Waals surface area contributed by atoms with Gasteiger partial charge in [0.25, 0.3) is 11.8 Å². The summed E-state index contributed by atoms with van der Waals surface area (Å²) >= 11 is 0. The van der Waals surface area contributed by atoms with Crippen molar-refractivity contribution < 1.29 is 22.8 Å². The van der Waals surface area contributed by atoms with Crippen LogP contribution in [0.15, 0.2) is 42.5 Å². The molecule has 0 radical (unpaired) electrons. The number of carbonyl (C=O) groups excluding carboxylic acids is 2. The summed E-state index contributed by atoms with van der Waals surface area (Å²) in [7, 11) is 0. The van der Waals surface area contributed by atoms with Crippen LogP contribution in [0.2, 0.25) is 0 Å². The monoisotopic (exact) mass is 364 g/mol. The molecule has 2 rings (SSSR count). The Morgan fingerprint density at radius 2 is 1.58 bits per heavy atom. The van der Waals surface area contributed by atoms with E-state index in [0.29, 0.717) is 16.8 Å². The quantitative estimate of drug-likeness (QED) is 0.845. The summed E-state index contributed by atoms with van der Waals surface area (Å²) < 4.78 is 37.9. The highest BCUT2D eigenvalue weighted by Crippen LogP contribution is 2.29. The van der Waals surface area contributed by atoms with E-state index in [1.807, 2.05) is 13.8 Å². The van der Waals surface area contributed by atoms with Crippen molar-refractivity contribution in [1.82, 2.24) is 5.32 Å². The molecule has 2 amide bonds. The van der Waals surface area contributed by atoms with E-state index in [0.717, 1.165) is 24.3 Å². The van der Waals surface area contributed by atoms with Crippen LogP contribution in [0.5, 0.6) is 0 Å². The Morgan fingerprint density at radius 3 is 2.12 bits per heavy atom. The van der Waals surface area contributed by atoms with Gasteiger partial charge in [-0.2, -0.15) is 13.2 Å². The Bertz CT molecular complexity index is 813. The molecule has 2 aromatic rings. The van der Waals surface area contributed by atoms with E-state index in [1.165, 1.54) is 0 Å². The number of alkyl halides is 3. The van der Waals surface area contributed by atoms with E-state index in [-0.39, 0.29) is 17.5 Å². The first-order valence-corrected chi connectivity index (χ1v) is 7.98. The fourth-order valence-corrected chi connectivity index (χ4v) is 2.36. The molecule has 2 N–H and O–H groups in total. The van der Waals surface area contributed by atoms with E-state index in [2.05, 4.69) is 10.6 Å². The van der Waals surface area contributed by atoms with Crippen LogP contribution in [0.4, 0.5) is 18.9 Å². The SMILES string of the molecule is Cc1cccc(C(=O)NC(C)C)c1NC(=O)c1ccc(C(F)(F)F)cc1. The molecule has 26 heavy (non-hydrogen) atoms. The predicted octanol–water partition coefficient (Wildman–Crippen LogP) is 4.40. The summed E-state index contributed by atoms with van der Waals surface area (Å²) in [5.74, 6) is -0.932. The van der Waals surface area contributed by atoms with Gasteiger partial charge in [0.15, 0.2) is 0 Å². The third kappa shape index (κ3) is 4.62. The largest absolute Gasteiger partial charge is 0.416 e. The van der Waals surface area contributed by atoms with Crippen molar-refractivity contribution in [2.75, 3.05) is 5.32 Å². The second kappa shape index (κ2) is 7.59. The van der Waals surface area contributed by atoms with Gasteiger partial charge in [0.05, 0.1) is 16.8 Å². The second-order valence-electron chi connectivity index (χ2n) is 6.15. The van der Waals surface area contributed by atoms with E-state index < -0.39 is 17.6 Å². The maximum Gasteiger partial charge on any atom is 0.416 e. The average molecular weight is 364 g/mol. The Morgan fingerprint density at radius 1 is 0.962 bits per heavy atom. The molecule has 0 unspecified atom stereocenters. The van der Waals surface area contributed by atoms with Gasteiger partial charge >= 0.3 is 6.18 Å². The lowest BCUT2D eigenvalue weighted by Gasteiger charge is -2.15. The highest BCUT2D eigenvalue weighted by molar-refractivity contribution is 6.09. The molecule has 0 aliphatic rings. The maximum atomic E-state index is 12.6. The fraction of sp³-hybridized carbons (Fsp3) is 0.263.